The number of methoxy groups -OCH3 is 1. The fourth-order valence-electron chi connectivity index (χ4n) is 3.36. The highest BCUT2D eigenvalue weighted by Crippen LogP contribution is 2.29. The number of unbranched alkanes of at least 4 members (excludes halogenated alkanes) is 1. The standard InChI is InChI=1S/C31H30N2O5/c1-3-4-18-37-27-14-10-23(11-15-27)13-17-30(34)38-28-16-12-25(20-29(28)36-2)19-26(21-32)31(35)33-22-24-8-6-5-7-9-24/h5-17,19-20H,3-4,18,22H2,1-2H3,(H,33,35)/b17-13+,26-19+. The maximum absolute atomic E-state index is 12.5. The number of nitrogens with zero attached hydrogens (tertiary/aromatic N) is 1. The number of carbonyl (C=O) groups excluding carboxylic acids is 2. The van der Waals surface area contributed by atoms with Crippen molar-refractivity contribution in [1.82, 2.24) is 5.32 Å². The minimum Gasteiger partial charge on any atom is -0.494 e. The van der Waals surface area contributed by atoms with Crippen molar-refractivity contribution in [2.24, 2.45) is 0 Å². The molecule has 194 valence electrons. The molecule has 0 heterocycles. The lowest BCUT2D eigenvalue weighted by Gasteiger charge is -2.09. The van der Waals surface area contributed by atoms with E-state index in [0.717, 1.165) is 29.7 Å². The summed E-state index contributed by atoms with van der Waals surface area (Å²) in [7, 11) is 1.44. The Labute approximate surface area is 223 Å². The first-order valence-electron chi connectivity index (χ1n) is 12.3. The van der Waals surface area contributed by atoms with Crippen LogP contribution in [0.25, 0.3) is 12.2 Å². The van der Waals surface area contributed by atoms with Gasteiger partial charge < -0.3 is 19.5 Å². The molecule has 0 aliphatic heterocycles. The highest BCUT2D eigenvalue weighted by atomic mass is 16.6. The lowest BCUT2D eigenvalue weighted by atomic mass is 10.1. The Morgan fingerprint density at radius 1 is 0.974 bits per heavy atom. The molecular formula is C31H30N2O5. The summed E-state index contributed by atoms with van der Waals surface area (Å²) in [5.74, 6) is 0.219. The number of rotatable bonds is 12. The number of esters is 1. The molecule has 0 aromatic heterocycles. The van der Waals surface area contributed by atoms with Crippen molar-refractivity contribution in [3.05, 3.63) is 101 Å². The molecule has 0 bridgehead atoms. The van der Waals surface area contributed by atoms with Crippen LogP contribution in [0.3, 0.4) is 0 Å². The zero-order valence-corrected chi connectivity index (χ0v) is 21.5. The number of carbonyl (C=O) groups is 2. The molecule has 0 unspecified atom stereocenters. The molecule has 3 rings (SSSR count). The van der Waals surface area contributed by atoms with Gasteiger partial charge in [0, 0.05) is 12.6 Å². The number of hydrogen-bond donors (Lipinski definition) is 1. The fraction of sp³-hybridized carbons (Fsp3) is 0.194. The zero-order chi connectivity index (χ0) is 27.2. The van der Waals surface area contributed by atoms with Gasteiger partial charge in [-0.15, -0.1) is 0 Å². The largest absolute Gasteiger partial charge is 0.494 e. The predicted octanol–water partition coefficient (Wildman–Crippen LogP) is 5.72. The summed E-state index contributed by atoms with van der Waals surface area (Å²) in [6.45, 7) is 3.09. The summed E-state index contributed by atoms with van der Waals surface area (Å²) < 4.78 is 16.4. The number of nitriles is 1. The van der Waals surface area contributed by atoms with E-state index in [1.54, 1.807) is 24.3 Å². The monoisotopic (exact) mass is 510 g/mol. The molecule has 0 fully saturated rings. The van der Waals surface area contributed by atoms with Gasteiger partial charge in [-0.2, -0.15) is 5.26 Å². The second-order valence-electron chi connectivity index (χ2n) is 8.27. The van der Waals surface area contributed by atoms with Crippen LogP contribution in [0.5, 0.6) is 17.2 Å². The van der Waals surface area contributed by atoms with Crippen LogP contribution in [0, 0.1) is 11.3 Å². The van der Waals surface area contributed by atoms with Gasteiger partial charge in [-0.25, -0.2) is 4.79 Å². The fourth-order valence-corrected chi connectivity index (χ4v) is 3.36. The molecule has 0 radical (unpaired) electrons. The topological polar surface area (TPSA) is 97.7 Å². The van der Waals surface area contributed by atoms with E-state index >= 15 is 0 Å². The first-order chi connectivity index (χ1) is 18.5. The first-order valence-corrected chi connectivity index (χ1v) is 12.3. The lowest BCUT2D eigenvalue weighted by Crippen LogP contribution is -2.23. The van der Waals surface area contributed by atoms with Crippen LogP contribution in [0.2, 0.25) is 0 Å². The second-order valence-corrected chi connectivity index (χ2v) is 8.27. The van der Waals surface area contributed by atoms with Crippen LogP contribution < -0.4 is 19.5 Å². The van der Waals surface area contributed by atoms with Gasteiger partial charge in [0.25, 0.3) is 5.91 Å². The van der Waals surface area contributed by atoms with Crippen LogP contribution in [0.4, 0.5) is 0 Å². The summed E-state index contributed by atoms with van der Waals surface area (Å²) in [5.41, 5.74) is 2.24. The van der Waals surface area contributed by atoms with E-state index in [1.807, 2.05) is 60.7 Å². The molecule has 7 heteroatoms. The Hall–Kier alpha value is -4.83. The van der Waals surface area contributed by atoms with Gasteiger partial charge in [0.1, 0.15) is 17.4 Å². The summed E-state index contributed by atoms with van der Waals surface area (Å²) in [5, 5.41) is 12.2. The van der Waals surface area contributed by atoms with Gasteiger partial charge >= 0.3 is 5.97 Å². The number of hydrogen-bond acceptors (Lipinski definition) is 6. The minimum atomic E-state index is -0.576. The first kappa shape index (κ1) is 27.8. The summed E-state index contributed by atoms with van der Waals surface area (Å²) in [6, 6.07) is 23.5. The molecule has 1 N–H and O–H groups in total. The van der Waals surface area contributed by atoms with Gasteiger partial charge in [0.15, 0.2) is 11.5 Å². The Kier molecular flexibility index (Phi) is 10.7. The van der Waals surface area contributed by atoms with E-state index in [-0.39, 0.29) is 17.1 Å². The molecule has 3 aromatic rings. The molecule has 0 aliphatic carbocycles. The van der Waals surface area contributed by atoms with E-state index in [0.29, 0.717) is 18.7 Å². The van der Waals surface area contributed by atoms with Crippen molar-refractivity contribution in [3.63, 3.8) is 0 Å². The Bertz CT molecular complexity index is 1320. The van der Waals surface area contributed by atoms with Gasteiger partial charge in [-0.3, -0.25) is 4.79 Å². The highest BCUT2D eigenvalue weighted by Gasteiger charge is 2.12. The van der Waals surface area contributed by atoms with Gasteiger partial charge in [-0.1, -0.05) is 61.9 Å². The number of amides is 1. The number of benzene rings is 3. The maximum Gasteiger partial charge on any atom is 0.336 e. The quantitative estimate of drug-likeness (QED) is 0.110. The van der Waals surface area contributed by atoms with Crippen molar-refractivity contribution >= 4 is 24.0 Å². The van der Waals surface area contributed by atoms with E-state index in [2.05, 4.69) is 12.2 Å². The van der Waals surface area contributed by atoms with Crippen LogP contribution in [0.15, 0.2) is 84.4 Å². The molecule has 0 saturated carbocycles. The second kappa shape index (κ2) is 14.7. The van der Waals surface area contributed by atoms with Crippen molar-refractivity contribution in [2.75, 3.05) is 13.7 Å². The third kappa shape index (κ3) is 8.68. The third-order valence-corrected chi connectivity index (χ3v) is 5.43. The lowest BCUT2D eigenvalue weighted by molar-refractivity contribution is -0.129. The zero-order valence-electron chi connectivity index (χ0n) is 21.5. The summed E-state index contributed by atoms with van der Waals surface area (Å²) in [4.78, 5) is 24.9. The molecule has 0 aliphatic rings. The average Bonchev–Trinajstić information content (AvgIpc) is 2.95. The van der Waals surface area contributed by atoms with Crippen molar-refractivity contribution in [2.45, 2.75) is 26.3 Å². The Morgan fingerprint density at radius 3 is 2.39 bits per heavy atom. The van der Waals surface area contributed by atoms with E-state index in [4.69, 9.17) is 14.2 Å². The molecule has 1 amide bonds. The van der Waals surface area contributed by atoms with Crippen LogP contribution >= 0.6 is 0 Å². The van der Waals surface area contributed by atoms with Crippen LogP contribution in [0.1, 0.15) is 36.5 Å². The average molecular weight is 511 g/mol. The summed E-state index contributed by atoms with van der Waals surface area (Å²) >= 11 is 0. The van der Waals surface area contributed by atoms with E-state index in [9.17, 15) is 14.9 Å². The smallest absolute Gasteiger partial charge is 0.336 e. The molecule has 0 saturated heterocycles. The minimum absolute atomic E-state index is 0.0579. The predicted molar refractivity (Wildman–Crippen MR) is 146 cm³/mol. The normalized spacial score (nSPS) is 11.0. The van der Waals surface area contributed by atoms with Gasteiger partial charge in [0.05, 0.1) is 13.7 Å². The van der Waals surface area contributed by atoms with Crippen molar-refractivity contribution < 1.29 is 23.8 Å². The molecular weight excluding hydrogens is 480 g/mol. The highest BCUT2D eigenvalue weighted by molar-refractivity contribution is 6.01. The van der Waals surface area contributed by atoms with Crippen molar-refractivity contribution in [3.8, 4) is 23.3 Å². The van der Waals surface area contributed by atoms with Crippen LogP contribution in [-0.4, -0.2) is 25.6 Å². The van der Waals surface area contributed by atoms with E-state index < -0.39 is 11.9 Å². The summed E-state index contributed by atoms with van der Waals surface area (Å²) in [6.07, 6.45) is 6.49. The molecule has 38 heavy (non-hydrogen) atoms. The molecule has 3 aromatic carbocycles. The van der Waals surface area contributed by atoms with E-state index in [1.165, 1.54) is 19.3 Å². The third-order valence-electron chi connectivity index (χ3n) is 5.43. The molecule has 0 atom stereocenters. The molecule has 0 spiro atoms. The number of ether oxygens (including phenoxy) is 3. The van der Waals surface area contributed by atoms with Gasteiger partial charge in [0.2, 0.25) is 0 Å². The van der Waals surface area contributed by atoms with Crippen LogP contribution in [-0.2, 0) is 16.1 Å². The number of nitrogens with one attached hydrogen (secondary N) is 1. The maximum atomic E-state index is 12.5. The van der Waals surface area contributed by atoms with Gasteiger partial charge in [-0.05, 0) is 59.5 Å². The Balaban J connectivity index is 1.61. The molecule has 7 nitrogen and oxygen atoms in total. The SMILES string of the molecule is CCCCOc1ccc(/C=C/C(=O)Oc2ccc(/C=C(\C#N)C(=O)NCc3ccccc3)cc2OC)cc1. The van der Waals surface area contributed by atoms with Crippen molar-refractivity contribution in [1.29, 1.82) is 5.26 Å². The Morgan fingerprint density at radius 2 is 1.71 bits per heavy atom.